The molecule has 0 aromatic carbocycles. The van der Waals surface area contributed by atoms with Crippen LogP contribution in [0.2, 0.25) is 0 Å². The quantitative estimate of drug-likeness (QED) is 0.549. The number of alkyl halides is 3. The molecular formula is C16H25F3N4O2. The Morgan fingerprint density at radius 1 is 1.28 bits per heavy atom. The SMILES string of the molecule is CCNC(=NCc1cccnc1OCC(F)(F)F)NCC(C)(C)OC. The zero-order valence-corrected chi connectivity index (χ0v) is 14.9. The maximum atomic E-state index is 12.3. The van der Waals surface area contributed by atoms with Crippen LogP contribution in [-0.4, -0.2) is 49.5 Å². The summed E-state index contributed by atoms with van der Waals surface area (Å²) in [5.74, 6) is 0.454. The first-order chi connectivity index (χ1) is 11.7. The van der Waals surface area contributed by atoms with Crippen molar-refractivity contribution in [3.8, 4) is 5.88 Å². The van der Waals surface area contributed by atoms with Gasteiger partial charge in [-0.15, -0.1) is 0 Å². The second kappa shape index (κ2) is 9.45. The maximum absolute atomic E-state index is 12.3. The van der Waals surface area contributed by atoms with E-state index >= 15 is 0 Å². The van der Waals surface area contributed by atoms with Gasteiger partial charge in [-0.25, -0.2) is 9.98 Å². The predicted octanol–water partition coefficient (Wildman–Crippen LogP) is 2.50. The molecule has 0 bridgehead atoms. The predicted molar refractivity (Wildman–Crippen MR) is 89.7 cm³/mol. The van der Waals surface area contributed by atoms with Crippen LogP contribution in [0.25, 0.3) is 0 Å². The molecule has 6 nitrogen and oxygen atoms in total. The summed E-state index contributed by atoms with van der Waals surface area (Å²) in [5, 5.41) is 6.20. The summed E-state index contributed by atoms with van der Waals surface area (Å²) in [6.07, 6.45) is -3.04. The summed E-state index contributed by atoms with van der Waals surface area (Å²) < 4.78 is 47.1. The molecule has 0 aliphatic carbocycles. The molecule has 2 N–H and O–H groups in total. The minimum atomic E-state index is -4.42. The minimum absolute atomic E-state index is 0.0726. The number of rotatable bonds is 8. The summed E-state index contributed by atoms with van der Waals surface area (Å²) in [6, 6.07) is 3.25. The Hall–Kier alpha value is -2.03. The zero-order valence-electron chi connectivity index (χ0n) is 14.9. The van der Waals surface area contributed by atoms with Gasteiger partial charge in [-0.3, -0.25) is 0 Å². The highest BCUT2D eigenvalue weighted by Gasteiger charge is 2.29. The Morgan fingerprint density at radius 2 is 2.00 bits per heavy atom. The average molecular weight is 362 g/mol. The molecule has 142 valence electrons. The summed E-state index contributed by atoms with van der Waals surface area (Å²) in [7, 11) is 1.62. The van der Waals surface area contributed by atoms with Gasteiger partial charge in [-0.2, -0.15) is 13.2 Å². The first-order valence-corrected chi connectivity index (χ1v) is 7.87. The third kappa shape index (κ3) is 8.57. The van der Waals surface area contributed by atoms with Crippen molar-refractivity contribution < 1.29 is 22.6 Å². The number of aliphatic imine (C=N–C) groups is 1. The number of methoxy groups -OCH3 is 1. The molecule has 0 unspecified atom stereocenters. The molecule has 0 aliphatic heterocycles. The lowest BCUT2D eigenvalue weighted by Gasteiger charge is -2.24. The molecule has 0 atom stereocenters. The number of ether oxygens (including phenoxy) is 2. The molecule has 0 saturated carbocycles. The van der Waals surface area contributed by atoms with Crippen LogP contribution in [0.15, 0.2) is 23.3 Å². The van der Waals surface area contributed by atoms with Crippen LogP contribution in [0.4, 0.5) is 13.2 Å². The maximum Gasteiger partial charge on any atom is 0.422 e. The van der Waals surface area contributed by atoms with Crippen molar-refractivity contribution in [3.63, 3.8) is 0 Å². The van der Waals surface area contributed by atoms with Crippen molar-refractivity contribution in [2.45, 2.75) is 39.1 Å². The molecule has 1 aromatic rings. The van der Waals surface area contributed by atoms with Crippen LogP contribution in [0.5, 0.6) is 5.88 Å². The Balaban J connectivity index is 2.78. The molecule has 0 saturated heterocycles. The van der Waals surface area contributed by atoms with E-state index in [1.165, 1.54) is 6.20 Å². The lowest BCUT2D eigenvalue weighted by Crippen LogP contribution is -2.45. The highest BCUT2D eigenvalue weighted by molar-refractivity contribution is 5.79. The molecule has 1 heterocycles. The molecule has 1 aromatic heterocycles. The van der Waals surface area contributed by atoms with Gasteiger partial charge in [0.1, 0.15) is 0 Å². The molecule has 0 aliphatic rings. The van der Waals surface area contributed by atoms with Crippen LogP contribution in [0.3, 0.4) is 0 Å². The van der Waals surface area contributed by atoms with Crippen LogP contribution in [-0.2, 0) is 11.3 Å². The second-order valence-corrected chi connectivity index (χ2v) is 5.88. The molecule has 0 spiro atoms. The van der Waals surface area contributed by atoms with Crippen LogP contribution >= 0.6 is 0 Å². The molecule has 0 fully saturated rings. The van der Waals surface area contributed by atoms with Gasteiger partial charge in [0, 0.05) is 32.0 Å². The van der Waals surface area contributed by atoms with Gasteiger partial charge in [0.25, 0.3) is 0 Å². The number of nitrogens with one attached hydrogen (secondary N) is 2. The number of hydrogen-bond acceptors (Lipinski definition) is 4. The van der Waals surface area contributed by atoms with Gasteiger partial charge < -0.3 is 20.1 Å². The molecule has 0 amide bonds. The lowest BCUT2D eigenvalue weighted by molar-refractivity contribution is -0.154. The van der Waals surface area contributed by atoms with Crippen molar-refractivity contribution in [1.82, 2.24) is 15.6 Å². The van der Waals surface area contributed by atoms with Crippen LogP contribution in [0.1, 0.15) is 26.3 Å². The van der Waals surface area contributed by atoms with E-state index in [0.29, 0.717) is 24.6 Å². The standard InChI is InChI=1S/C16H25F3N4O2/c1-5-20-14(23-10-15(2,3)24-4)22-9-12-7-6-8-21-13(12)25-11-16(17,18)19/h6-8H,5,9-11H2,1-4H3,(H2,20,22,23). The normalized spacial score (nSPS) is 12.8. The zero-order chi connectivity index (χ0) is 18.9. The van der Waals surface area contributed by atoms with E-state index in [-0.39, 0.29) is 18.0 Å². The van der Waals surface area contributed by atoms with Crippen LogP contribution in [0, 0.1) is 0 Å². The minimum Gasteiger partial charge on any atom is -0.468 e. The molecular weight excluding hydrogens is 337 g/mol. The number of pyridine rings is 1. The number of guanidine groups is 1. The van der Waals surface area contributed by atoms with Crippen molar-refractivity contribution in [2.75, 3.05) is 26.8 Å². The van der Waals surface area contributed by atoms with E-state index in [0.717, 1.165) is 0 Å². The molecule has 0 radical (unpaired) electrons. The van der Waals surface area contributed by atoms with Gasteiger partial charge in [0.15, 0.2) is 12.6 Å². The first kappa shape index (κ1) is 21.0. The van der Waals surface area contributed by atoms with E-state index in [4.69, 9.17) is 9.47 Å². The summed E-state index contributed by atoms with van der Waals surface area (Å²) in [5.41, 5.74) is 0.0841. The number of hydrogen-bond donors (Lipinski definition) is 2. The van der Waals surface area contributed by atoms with E-state index in [9.17, 15) is 13.2 Å². The van der Waals surface area contributed by atoms with Crippen molar-refractivity contribution in [3.05, 3.63) is 23.9 Å². The van der Waals surface area contributed by atoms with E-state index in [1.807, 2.05) is 20.8 Å². The van der Waals surface area contributed by atoms with E-state index < -0.39 is 12.8 Å². The Bertz CT molecular complexity index is 563. The van der Waals surface area contributed by atoms with Crippen LogP contribution < -0.4 is 15.4 Å². The third-order valence-electron chi connectivity index (χ3n) is 3.21. The van der Waals surface area contributed by atoms with Gasteiger partial charge in [-0.05, 0) is 26.8 Å². The fraction of sp³-hybridized carbons (Fsp3) is 0.625. The Kier molecular flexibility index (Phi) is 7.95. The Morgan fingerprint density at radius 3 is 2.60 bits per heavy atom. The average Bonchev–Trinajstić information content (AvgIpc) is 2.55. The summed E-state index contributed by atoms with van der Waals surface area (Å²) >= 11 is 0. The molecule has 9 heteroatoms. The highest BCUT2D eigenvalue weighted by Crippen LogP contribution is 2.20. The van der Waals surface area contributed by atoms with Gasteiger partial charge in [-0.1, -0.05) is 6.07 Å². The Labute approximate surface area is 145 Å². The lowest BCUT2D eigenvalue weighted by atomic mass is 10.1. The van der Waals surface area contributed by atoms with Crippen molar-refractivity contribution >= 4 is 5.96 Å². The fourth-order valence-corrected chi connectivity index (χ4v) is 1.70. The van der Waals surface area contributed by atoms with Crippen molar-refractivity contribution in [2.24, 2.45) is 4.99 Å². The molecule has 1 rings (SSSR count). The largest absolute Gasteiger partial charge is 0.468 e. The number of halogens is 3. The van der Waals surface area contributed by atoms with Crippen molar-refractivity contribution in [1.29, 1.82) is 0 Å². The topological polar surface area (TPSA) is 67.8 Å². The highest BCUT2D eigenvalue weighted by atomic mass is 19.4. The summed E-state index contributed by atoms with van der Waals surface area (Å²) in [4.78, 5) is 8.22. The van der Waals surface area contributed by atoms with Gasteiger partial charge in [0.05, 0.1) is 12.1 Å². The second-order valence-electron chi connectivity index (χ2n) is 5.88. The van der Waals surface area contributed by atoms with Gasteiger partial charge >= 0.3 is 6.18 Å². The first-order valence-electron chi connectivity index (χ1n) is 7.87. The number of aromatic nitrogens is 1. The fourth-order valence-electron chi connectivity index (χ4n) is 1.70. The smallest absolute Gasteiger partial charge is 0.422 e. The van der Waals surface area contributed by atoms with E-state index in [1.54, 1.807) is 19.2 Å². The third-order valence-corrected chi connectivity index (χ3v) is 3.21. The monoisotopic (exact) mass is 362 g/mol. The molecule has 25 heavy (non-hydrogen) atoms. The summed E-state index contributed by atoms with van der Waals surface area (Å²) in [6.45, 7) is 5.66. The van der Waals surface area contributed by atoms with E-state index in [2.05, 4.69) is 20.6 Å². The van der Waals surface area contributed by atoms with Gasteiger partial charge in [0.2, 0.25) is 5.88 Å². The number of nitrogens with zero attached hydrogens (tertiary/aromatic N) is 2.